The number of hydrogen-bond acceptors (Lipinski definition) is 6. The number of halogens is 1. The first kappa shape index (κ1) is 24.5. The van der Waals surface area contributed by atoms with Crippen molar-refractivity contribution < 1.29 is 0 Å². The Balaban J connectivity index is 0.00000289. The molecule has 2 aliphatic rings. The van der Waals surface area contributed by atoms with E-state index in [-0.39, 0.29) is 24.0 Å². The number of aliphatic imine (C=N–C) groups is 1. The first-order chi connectivity index (χ1) is 15.2. The standard InChI is InChI=1S/C23H34N8.HI/c1-20(28-11-13-29(14-12-28)21-7-4-3-5-8-21)19-27-22(24-2)30-15-17-31(18-16-30)23-25-9-6-10-26-23;/h3-10,20H,11-19H2,1-2H3,(H,24,27);1H. The molecule has 0 amide bonds. The van der Waals surface area contributed by atoms with Gasteiger partial charge < -0.3 is 20.0 Å². The van der Waals surface area contributed by atoms with Crippen molar-refractivity contribution in [3.05, 3.63) is 48.8 Å². The SMILES string of the molecule is CN=C(NCC(C)N1CCN(c2ccccc2)CC1)N1CCN(c2ncccn2)CC1.I. The molecule has 2 aliphatic heterocycles. The van der Waals surface area contributed by atoms with Gasteiger partial charge >= 0.3 is 0 Å². The molecule has 1 atom stereocenters. The van der Waals surface area contributed by atoms with E-state index in [1.54, 1.807) is 12.4 Å². The van der Waals surface area contributed by atoms with Crippen LogP contribution in [0.5, 0.6) is 0 Å². The van der Waals surface area contributed by atoms with E-state index in [4.69, 9.17) is 0 Å². The monoisotopic (exact) mass is 550 g/mol. The molecule has 32 heavy (non-hydrogen) atoms. The number of benzene rings is 1. The second-order valence-electron chi connectivity index (χ2n) is 8.16. The molecule has 174 valence electrons. The third kappa shape index (κ3) is 6.22. The number of nitrogens with zero attached hydrogens (tertiary/aromatic N) is 7. The molecule has 2 fully saturated rings. The summed E-state index contributed by atoms with van der Waals surface area (Å²) in [5, 5.41) is 3.60. The summed E-state index contributed by atoms with van der Waals surface area (Å²) in [4.78, 5) is 22.9. The fourth-order valence-electron chi connectivity index (χ4n) is 4.33. The number of para-hydroxylation sites is 1. The van der Waals surface area contributed by atoms with Crippen LogP contribution in [0.3, 0.4) is 0 Å². The van der Waals surface area contributed by atoms with E-state index in [0.717, 1.165) is 70.8 Å². The molecule has 2 aromatic rings. The molecule has 1 N–H and O–H groups in total. The van der Waals surface area contributed by atoms with Gasteiger partial charge in [0, 0.05) is 90.1 Å². The highest BCUT2D eigenvalue weighted by Gasteiger charge is 2.24. The Morgan fingerprint density at radius 3 is 2.16 bits per heavy atom. The summed E-state index contributed by atoms with van der Waals surface area (Å²) in [6, 6.07) is 13.0. The van der Waals surface area contributed by atoms with E-state index >= 15 is 0 Å². The molecule has 4 rings (SSSR count). The van der Waals surface area contributed by atoms with Gasteiger partial charge in [0.25, 0.3) is 0 Å². The van der Waals surface area contributed by atoms with E-state index in [1.807, 2.05) is 13.1 Å². The molecule has 8 nitrogen and oxygen atoms in total. The zero-order valence-electron chi connectivity index (χ0n) is 19.1. The fourth-order valence-corrected chi connectivity index (χ4v) is 4.33. The van der Waals surface area contributed by atoms with Gasteiger partial charge in [-0.3, -0.25) is 9.89 Å². The zero-order valence-corrected chi connectivity index (χ0v) is 21.4. The highest BCUT2D eigenvalue weighted by Crippen LogP contribution is 2.16. The van der Waals surface area contributed by atoms with Crippen LogP contribution >= 0.6 is 24.0 Å². The number of aromatic nitrogens is 2. The summed E-state index contributed by atoms with van der Waals surface area (Å²) in [7, 11) is 1.87. The molecule has 0 aliphatic carbocycles. The number of nitrogens with one attached hydrogen (secondary N) is 1. The molecule has 3 heterocycles. The third-order valence-corrected chi connectivity index (χ3v) is 6.24. The van der Waals surface area contributed by atoms with Crippen LogP contribution in [0.25, 0.3) is 0 Å². The van der Waals surface area contributed by atoms with E-state index in [9.17, 15) is 0 Å². The highest BCUT2D eigenvalue weighted by molar-refractivity contribution is 14.0. The Hall–Kier alpha value is -2.14. The molecular formula is C23H35IN8. The number of guanidine groups is 1. The van der Waals surface area contributed by atoms with E-state index < -0.39 is 0 Å². The average molecular weight is 550 g/mol. The second-order valence-corrected chi connectivity index (χ2v) is 8.16. The average Bonchev–Trinajstić information content (AvgIpc) is 2.86. The quantitative estimate of drug-likeness (QED) is 0.347. The van der Waals surface area contributed by atoms with Gasteiger partial charge in [0.15, 0.2) is 5.96 Å². The minimum absolute atomic E-state index is 0. The van der Waals surface area contributed by atoms with Crippen molar-refractivity contribution in [2.24, 2.45) is 4.99 Å². The summed E-state index contributed by atoms with van der Waals surface area (Å²) in [5.41, 5.74) is 1.33. The predicted octanol–water partition coefficient (Wildman–Crippen LogP) is 2.00. The van der Waals surface area contributed by atoms with Crippen LogP contribution in [-0.4, -0.2) is 97.7 Å². The van der Waals surface area contributed by atoms with Gasteiger partial charge in [-0.15, -0.1) is 24.0 Å². The van der Waals surface area contributed by atoms with Crippen LogP contribution in [0.2, 0.25) is 0 Å². The summed E-state index contributed by atoms with van der Waals surface area (Å²) in [6.45, 7) is 11.2. The molecule has 0 bridgehead atoms. The third-order valence-electron chi connectivity index (χ3n) is 6.24. The van der Waals surface area contributed by atoms with Crippen LogP contribution in [0, 0.1) is 0 Å². The molecule has 1 aromatic heterocycles. The van der Waals surface area contributed by atoms with Gasteiger partial charge in [-0.2, -0.15) is 0 Å². The first-order valence-electron chi connectivity index (χ1n) is 11.3. The van der Waals surface area contributed by atoms with Crippen molar-refractivity contribution in [1.82, 2.24) is 25.1 Å². The summed E-state index contributed by atoms with van der Waals surface area (Å²) in [6.07, 6.45) is 3.60. The van der Waals surface area contributed by atoms with E-state index in [1.165, 1.54) is 5.69 Å². The normalized spacial score (nSPS) is 18.8. The number of rotatable bonds is 5. The summed E-state index contributed by atoms with van der Waals surface area (Å²) in [5.74, 6) is 1.80. The van der Waals surface area contributed by atoms with Crippen molar-refractivity contribution in [1.29, 1.82) is 0 Å². The molecule has 0 radical (unpaired) electrons. The molecule has 1 unspecified atom stereocenters. The van der Waals surface area contributed by atoms with Crippen molar-refractivity contribution in [3.8, 4) is 0 Å². The zero-order chi connectivity index (χ0) is 21.5. The Kier molecular flexibility index (Phi) is 9.34. The Morgan fingerprint density at radius 2 is 1.53 bits per heavy atom. The summed E-state index contributed by atoms with van der Waals surface area (Å²) < 4.78 is 0. The maximum Gasteiger partial charge on any atom is 0.225 e. The van der Waals surface area contributed by atoms with Crippen molar-refractivity contribution in [2.45, 2.75) is 13.0 Å². The van der Waals surface area contributed by atoms with Gasteiger partial charge in [0.1, 0.15) is 0 Å². The van der Waals surface area contributed by atoms with Crippen LogP contribution < -0.4 is 15.1 Å². The van der Waals surface area contributed by atoms with Crippen LogP contribution in [0.4, 0.5) is 11.6 Å². The van der Waals surface area contributed by atoms with Gasteiger partial charge in [-0.25, -0.2) is 9.97 Å². The minimum Gasteiger partial charge on any atom is -0.369 e. The number of piperazine rings is 2. The summed E-state index contributed by atoms with van der Waals surface area (Å²) >= 11 is 0. The predicted molar refractivity (Wildman–Crippen MR) is 142 cm³/mol. The lowest BCUT2D eigenvalue weighted by molar-refractivity contribution is 0.196. The molecule has 9 heteroatoms. The lowest BCUT2D eigenvalue weighted by Crippen LogP contribution is -2.56. The van der Waals surface area contributed by atoms with Crippen molar-refractivity contribution in [2.75, 3.05) is 75.8 Å². The molecule has 0 saturated carbocycles. The van der Waals surface area contributed by atoms with Crippen LogP contribution in [-0.2, 0) is 0 Å². The smallest absolute Gasteiger partial charge is 0.225 e. The lowest BCUT2D eigenvalue weighted by Gasteiger charge is -2.40. The maximum atomic E-state index is 4.53. The van der Waals surface area contributed by atoms with Crippen molar-refractivity contribution in [3.63, 3.8) is 0 Å². The Bertz CT molecular complexity index is 818. The lowest BCUT2D eigenvalue weighted by atomic mass is 10.2. The number of hydrogen-bond donors (Lipinski definition) is 1. The first-order valence-corrected chi connectivity index (χ1v) is 11.3. The molecular weight excluding hydrogens is 515 g/mol. The molecule has 2 saturated heterocycles. The Labute approximate surface area is 208 Å². The van der Waals surface area contributed by atoms with Crippen LogP contribution in [0.1, 0.15) is 6.92 Å². The second kappa shape index (κ2) is 12.2. The fraction of sp³-hybridized carbons (Fsp3) is 0.522. The van der Waals surface area contributed by atoms with Crippen molar-refractivity contribution >= 4 is 41.6 Å². The molecule has 1 aromatic carbocycles. The van der Waals surface area contributed by atoms with Gasteiger partial charge in [0.05, 0.1) is 0 Å². The van der Waals surface area contributed by atoms with Gasteiger partial charge in [-0.1, -0.05) is 18.2 Å². The van der Waals surface area contributed by atoms with Gasteiger partial charge in [-0.05, 0) is 25.1 Å². The Morgan fingerprint density at radius 1 is 0.906 bits per heavy atom. The van der Waals surface area contributed by atoms with E-state index in [0.29, 0.717) is 6.04 Å². The van der Waals surface area contributed by atoms with E-state index in [2.05, 4.69) is 77.1 Å². The highest BCUT2D eigenvalue weighted by atomic mass is 127. The maximum absolute atomic E-state index is 4.53. The largest absolute Gasteiger partial charge is 0.369 e. The van der Waals surface area contributed by atoms with Gasteiger partial charge in [0.2, 0.25) is 5.95 Å². The topological polar surface area (TPSA) is 63.1 Å². The minimum atomic E-state index is 0. The van der Waals surface area contributed by atoms with Crippen LogP contribution in [0.15, 0.2) is 53.8 Å². The number of anilines is 2. The molecule has 0 spiro atoms.